The third-order valence-electron chi connectivity index (χ3n) is 6.27. The Balaban J connectivity index is 1.44. The summed E-state index contributed by atoms with van der Waals surface area (Å²) in [5.41, 5.74) is 3.81. The van der Waals surface area contributed by atoms with E-state index < -0.39 is 10.0 Å². The molecule has 8 nitrogen and oxygen atoms in total. The summed E-state index contributed by atoms with van der Waals surface area (Å²) in [6, 6.07) is 23.2. The van der Waals surface area contributed by atoms with Gasteiger partial charge in [-0.15, -0.1) is 0 Å². The molecule has 0 fully saturated rings. The maximum atomic E-state index is 13.6. The SMILES string of the molecule is COc1ccc(N2CCN(Cc3c[nH]cn3)c3ccccc3S2)cc1S(=O)(=O)N(C)Cc1ccccc1. The lowest BCUT2D eigenvalue weighted by atomic mass is 10.2. The van der Waals surface area contributed by atoms with Crippen LogP contribution in [0.25, 0.3) is 0 Å². The molecule has 4 aromatic rings. The second kappa shape index (κ2) is 10.9. The van der Waals surface area contributed by atoms with Crippen LogP contribution >= 0.6 is 11.9 Å². The normalized spacial score (nSPS) is 13.9. The number of sulfonamides is 1. The molecule has 0 saturated carbocycles. The van der Waals surface area contributed by atoms with Gasteiger partial charge in [-0.2, -0.15) is 4.31 Å². The van der Waals surface area contributed by atoms with Crippen molar-refractivity contribution < 1.29 is 13.2 Å². The molecule has 0 bridgehead atoms. The number of anilines is 2. The lowest BCUT2D eigenvalue weighted by Crippen LogP contribution is -2.30. The van der Waals surface area contributed by atoms with Crippen molar-refractivity contribution in [3.63, 3.8) is 0 Å². The van der Waals surface area contributed by atoms with Gasteiger partial charge < -0.3 is 18.9 Å². The monoisotopic (exact) mass is 535 g/mol. The summed E-state index contributed by atoms with van der Waals surface area (Å²) in [4.78, 5) is 11.0. The molecule has 0 unspecified atom stereocenters. The molecule has 0 spiro atoms. The number of aromatic nitrogens is 2. The Labute approximate surface area is 222 Å². The Morgan fingerprint density at radius 2 is 1.84 bits per heavy atom. The molecule has 0 amide bonds. The maximum Gasteiger partial charge on any atom is 0.246 e. The number of hydrogen-bond donors (Lipinski definition) is 1. The molecule has 37 heavy (non-hydrogen) atoms. The van der Waals surface area contributed by atoms with Crippen LogP contribution in [-0.2, 0) is 23.1 Å². The van der Waals surface area contributed by atoms with Gasteiger partial charge in [0.1, 0.15) is 10.6 Å². The smallest absolute Gasteiger partial charge is 0.246 e. The summed E-state index contributed by atoms with van der Waals surface area (Å²) < 4.78 is 36.3. The van der Waals surface area contributed by atoms with E-state index in [2.05, 4.69) is 31.3 Å². The number of ether oxygens (including phenoxy) is 1. The van der Waals surface area contributed by atoms with Gasteiger partial charge in [0, 0.05) is 38.6 Å². The molecule has 192 valence electrons. The first-order valence-corrected chi connectivity index (χ1v) is 14.1. The molecule has 0 saturated heterocycles. The van der Waals surface area contributed by atoms with E-state index >= 15 is 0 Å². The van der Waals surface area contributed by atoms with E-state index in [0.717, 1.165) is 34.1 Å². The van der Waals surface area contributed by atoms with Gasteiger partial charge in [-0.3, -0.25) is 0 Å². The zero-order valence-electron chi connectivity index (χ0n) is 20.7. The van der Waals surface area contributed by atoms with Crippen LogP contribution in [0.5, 0.6) is 5.75 Å². The molecule has 5 rings (SSSR count). The number of fused-ring (bicyclic) bond motifs is 1. The summed E-state index contributed by atoms with van der Waals surface area (Å²) in [7, 11) is -0.715. The van der Waals surface area contributed by atoms with E-state index in [1.54, 1.807) is 37.5 Å². The standard InChI is InChI=1S/C27H29N5O3S2/c1-30(18-21-8-4-3-5-9-21)37(33,34)27-16-23(12-13-25(27)35-2)32-15-14-31(19-22-17-28-20-29-22)24-10-6-7-11-26(24)36-32/h3-13,16-17,20H,14-15,18-19H2,1-2H3,(H,28,29). The zero-order valence-corrected chi connectivity index (χ0v) is 22.4. The van der Waals surface area contributed by atoms with Crippen LogP contribution in [-0.4, -0.2) is 49.9 Å². The second-order valence-corrected chi connectivity index (χ2v) is 11.8. The second-order valence-electron chi connectivity index (χ2n) is 8.73. The van der Waals surface area contributed by atoms with Crippen LogP contribution in [0.15, 0.2) is 95.1 Å². The molecule has 3 aromatic carbocycles. The number of para-hydroxylation sites is 1. The van der Waals surface area contributed by atoms with Crippen LogP contribution in [0.1, 0.15) is 11.3 Å². The highest BCUT2D eigenvalue weighted by molar-refractivity contribution is 8.00. The predicted octanol–water partition coefficient (Wildman–Crippen LogP) is 4.77. The van der Waals surface area contributed by atoms with Crippen LogP contribution in [0.4, 0.5) is 11.4 Å². The number of benzene rings is 3. The third-order valence-corrected chi connectivity index (χ3v) is 9.25. The van der Waals surface area contributed by atoms with Gasteiger partial charge in [0.15, 0.2) is 0 Å². The maximum absolute atomic E-state index is 13.6. The number of imidazole rings is 1. The average Bonchev–Trinajstić information content (AvgIpc) is 3.37. The minimum atomic E-state index is -3.81. The van der Waals surface area contributed by atoms with Crippen molar-refractivity contribution in [2.75, 3.05) is 36.5 Å². The molecule has 1 aromatic heterocycles. The van der Waals surface area contributed by atoms with Crippen molar-refractivity contribution in [3.05, 3.63) is 96.6 Å². The van der Waals surface area contributed by atoms with Gasteiger partial charge in [0.05, 0.1) is 36.3 Å². The van der Waals surface area contributed by atoms with E-state index in [1.165, 1.54) is 11.4 Å². The first kappa shape index (κ1) is 25.2. The number of rotatable bonds is 8. The molecule has 0 atom stereocenters. The van der Waals surface area contributed by atoms with Crippen LogP contribution in [0.3, 0.4) is 0 Å². The Morgan fingerprint density at radius 1 is 1.05 bits per heavy atom. The third kappa shape index (κ3) is 5.46. The van der Waals surface area contributed by atoms with E-state index in [0.29, 0.717) is 18.8 Å². The highest BCUT2D eigenvalue weighted by atomic mass is 32.2. The summed E-state index contributed by atoms with van der Waals surface area (Å²) in [6.45, 7) is 2.39. The van der Waals surface area contributed by atoms with E-state index in [-0.39, 0.29) is 11.4 Å². The zero-order chi connectivity index (χ0) is 25.8. The summed E-state index contributed by atoms with van der Waals surface area (Å²) >= 11 is 1.61. The van der Waals surface area contributed by atoms with Gasteiger partial charge in [-0.1, -0.05) is 42.5 Å². The molecule has 1 aliphatic rings. The first-order chi connectivity index (χ1) is 18.0. The van der Waals surface area contributed by atoms with Crippen LogP contribution < -0.4 is 13.9 Å². The topological polar surface area (TPSA) is 81.8 Å². The van der Waals surface area contributed by atoms with Crippen molar-refractivity contribution >= 4 is 33.3 Å². The number of H-pyrrole nitrogens is 1. The van der Waals surface area contributed by atoms with Crippen molar-refractivity contribution in [2.45, 2.75) is 22.9 Å². The van der Waals surface area contributed by atoms with Gasteiger partial charge >= 0.3 is 0 Å². The van der Waals surface area contributed by atoms with E-state index in [4.69, 9.17) is 4.74 Å². The molecular weight excluding hydrogens is 506 g/mol. The first-order valence-electron chi connectivity index (χ1n) is 11.9. The van der Waals surface area contributed by atoms with Gasteiger partial charge in [-0.05, 0) is 47.8 Å². The fraction of sp³-hybridized carbons (Fsp3) is 0.222. The van der Waals surface area contributed by atoms with Crippen molar-refractivity contribution in [3.8, 4) is 5.75 Å². The largest absolute Gasteiger partial charge is 0.495 e. The van der Waals surface area contributed by atoms with Gasteiger partial charge in [0.2, 0.25) is 10.0 Å². The van der Waals surface area contributed by atoms with Crippen LogP contribution in [0.2, 0.25) is 0 Å². The Bertz CT molecular complexity index is 1450. The van der Waals surface area contributed by atoms with Crippen molar-refractivity contribution in [1.29, 1.82) is 0 Å². The predicted molar refractivity (Wildman–Crippen MR) is 147 cm³/mol. The molecule has 2 heterocycles. The summed E-state index contributed by atoms with van der Waals surface area (Å²) in [5.74, 6) is 0.323. The number of methoxy groups -OCH3 is 1. The molecule has 1 aliphatic heterocycles. The van der Waals surface area contributed by atoms with Crippen LogP contribution in [0, 0.1) is 0 Å². The fourth-order valence-electron chi connectivity index (χ4n) is 4.33. The summed E-state index contributed by atoms with van der Waals surface area (Å²) in [6.07, 6.45) is 3.60. The number of aromatic amines is 1. The molecular formula is C27H29N5O3S2. The lowest BCUT2D eigenvalue weighted by molar-refractivity contribution is 0.397. The molecule has 1 N–H and O–H groups in total. The fourth-order valence-corrected chi connectivity index (χ4v) is 6.72. The minimum Gasteiger partial charge on any atom is -0.495 e. The minimum absolute atomic E-state index is 0.150. The molecule has 0 aliphatic carbocycles. The number of nitrogens with one attached hydrogen (secondary N) is 1. The highest BCUT2D eigenvalue weighted by Crippen LogP contribution is 2.40. The van der Waals surface area contributed by atoms with E-state index in [1.807, 2.05) is 54.7 Å². The Hall–Kier alpha value is -3.47. The highest BCUT2D eigenvalue weighted by Gasteiger charge is 2.28. The quantitative estimate of drug-likeness (QED) is 0.326. The number of nitrogens with zero attached hydrogens (tertiary/aromatic N) is 4. The Kier molecular flexibility index (Phi) is 7.40. The van der Waals surface area contributed by atoms with Crippen molar-refractivity contribution in [1.82, 2.24) is 14.3 Å². The van der Waals surface area contributed by atoms with Gasteiger partial charge in [-0.25, -0.2) is 13.4 Å². The van der Waals surface area contributed by atoms with E-state index in [9.17, 15) is 8.42 Å². The molecule has 0 radical (unpaired) electrons. The van der Waals surface area contributed by atoms with Crippen molar-refractivity contribution in [2.24, 2.45) is 0 Å². The molecule has 10 heteroatoms. The van der Waals surface area contributed by atoms with Gasteiger partial charge in [0.25, 0.3) is 0 Å². The Morgan fingerprint density at radius 3 is 2.59 bits per heavy atom. The lowest BCUT2D eigenvalue weighted by Gasteiger charge is -2.25. The average molecular weight is 536 g/mol. The summed E-state index contributed by atoms with van der Waals surface area (Å²) in [5, 5.41) is 0. The number of hydrogen-bond acceptors (Lipinski definition) is 7.